The van der Waals surface area contributed by atoms with Crippen molar-refractivity contribution in [1.82, 2.24) is 5.32 Å². The van der Waals surface area contributed by atoms with E-state index in [-0.39, 0.29) is 5.91 Å². The summed E-state index contributed by atoms with van der Waals surface area (Å²) in [7, 11) is 0. The Morgan fingerprint density at radius 3 is 2.87 bits per heavy atom. The molecule has 0 aliphatic rings. The first-order valence-corrected chi connectivity index (χ1v) is 6.91. The van der Waals surface area contributed by atoms with Crippen LogP contribution in [0.15, 0.2) is 32.7 Å². The molecule has 0 unspecified atom stereocenters. The van der Waals surface area contributed by atoms with Crippen molar-refractivity contribution in [3.8, 4) is 0 Å². The van der Waals surface area contributed by atoms with Crippen molar-refractivity contribution >= 4 is 44.5 Å². The van der Waals surface area contributed by atoms with Gasteiger partial charge >= 0.3 is 0 Å². The van der Waals surface area contributed by atoms with Gasteiger partial charge in [-0.15, -0.1) is 11.3 Å². The number of halogens is 1. The molecule has 0 atom stereocenters. The van der Waals surface area contributed by atoms with Gasteiger partial charge in [0.05, 0.1) is 0 Å². The van der Waals surface area contributed by atoms with E-state index in [2.05, 4.69) is 21.2 Å². The Hall–Kier alpha value is -0.650. The molecule has 2 aromatic rings. The van der Waals surface area contributed by atoms with Crippen LogP contribution < -0.4 is 5.32 Å². The lowest BCUT2D eigenvalue weighted by molar-refractivity contribution is 0.0954. The minimum atomic E-state index is -0.0249. The van der Waals surface area contributed by atoms with Gasteiger partial charge in [0.15, 0.2) is 0 Å². The maximum Gasteiger partial charge on any atom is 0.262 e. The monoisotopic (exact) mass is 301 g/mol. The van der Waals surface area contributed by atoms with E-state index in [0.29, 0.717) is 6.54 Å². The van der Waals surface area contributed by atoms with Gasteiger partial charge in [0.1, 0.15) is 4.88 Å². The van der Waals surface area contributed by atoms with Gasteiger partial charge < -0.3 is 5.32 Å². The van der Waals surface area contributed by atoms with Gasteiger partial charge in [0, 0.05) is 11.0 Å². The molecule has 15 heavy (non-hydrogen) atoms. The van der Waals surface area contributed by atoms with E-state index in [0.717, 1.165) is 14.9 Å². The van der Waals surface area contributed by atoms with Crippen molar-refractivity contribution < 1.29 is 4.79 Å². The summed E-state index contributed by atoms with van der Waals surface area (Å²) in [5, 5.41) is 8.80. The van der Waals surface area contributed by atoms with Gasteiger partial charge in [-0.3, -0.25) is 4.79 Å². The van der Waals surface area contributed by atoms with Crippen LogP contribution in [0, 0.1) is 0 Å². The average Bonchev–Trinajstić information content (AvgIpc) is 2.84. The zero-order valence-electron chi connectivity index (χ0n) is 7.70. The molecule has 2 nitrogen and oxygen atoms in total. The van der Waals surface area contributed by atoms with Crippen molar-refractivity contribution in [2.75, 3.05) is 0 Å². The van der Waals surface area contributed by atoms with E-state index < -0.39 is 0 Å². The minimum absolute atomic E-state index is 0.0249. The fourth-order valence-corrected chi connectivity index (χ4v) is 3.25. The predicted molar refractivity (Wildman–Crippen MR) is 67.5 cm³/mol. The lowest BCUT2D eigenvalue weighted by Crippen LogP contribution is -2.21. The number of carbonyl (C=O) groups is 1. The van der Waals surface area contributed by atoms with Crippen LogP contribution in [0.3, 0.4) is 0 Å². The molecule has 78 valence electrons. The lowest BCUT2D eigenvalue weighted by atomic mass is 10.3. The topological polar surface area (TPSA) is 29.1 Å². The normalized spacial score (nSPS) is 10.2. The fourth-order valence-electron chi connectivity index (χ4n) is 1.11. The summed E-state index contributed by atoms with van der Waals surface area (Å²) in [6, 6.07) is 3.89. The maximum absolute atomic E-state index is 11.7. The highest BCUT2D eigenvalue weighted by molar-refractivity contribution is 9.10. The molecular weight excluding hydrogens is 294 g/mol. The van der Waals surface area contributed by atoms with E-state index in [1.54, 1.807) is 11.3 Å². The predicted octanol–water partition coefficient (Wildman–Crippen LogP) is 3.50. The van der Waals surface area contributed by atoms with Gasteiger partial charge in [-0.25, -0.2) is 0 Å². The Bertz CT molecular complexity index is 450. The van der Waals surface area contributed by atoms with Gasteiger partial charge in [0.25, 0.3) is 5.91 Å². The summed E-state index contributed by atoms with van der Waals surface area (Å²) in [5.41, 5.74) is 1.14. The standard InChI is InChI=1S/C10H8BrNOS2/c11-8-2-4-15-9(8)10(13)12-5-7-1-3-14-6-7/h1-4,6H,5H2,(H,12,13). The molecular formula is C10H8BrNOS2. The van der Waals surface area contributed by atoms with Gasteiger partial charge in [-0.05, 0) is 49.8 Å². The smallest absolute Gasteiger partial charge is 0.262 e. The van der Waals surface area contributed by atoms with Crippen molar-refractivity contribution in [2.45, 2.75) is 6.54 Å². The highest BCUT2D eigenvalue weighted by Gasteiger charge is 2.10. The molecule has 1 N–H and O–H groups in total. The van der Waals surface area contributed by atoms with E-state index in [1.807, 2.05) is 28.3 Å². The Labute approximate surface area is 104 Å². The van der Waals surface area contributed by atoms with Crippen molar-refractivity contribution in [3.05, 3.63) is 43.2 Å². The Morgan fingerprint density at radius 1 is 1.40 bits per heavy atom. The fraction of sp³-hybridized carbons (Fsp3) is 0.100. The average molecular weight is 302 g/mol. The number of nitrogens with one attached hydrogen (secondary N) is 1. The van der Waals surface area contributed by atoms with E-state index >= 15 is 0 Å². The van der Waals surface area contributed by atoms with Crippen LogP contribution in [0.4, 0.5) is 0 Å². The molecule has 2 heterocycles. The van der Waals surface area contributed by atoms with Crippen LogP contribution >= 0.6 is 38.6 Å². The number of rotatable bonds is 3. The largest absolute Gasteiger partial charge is 0.347 e. The third-order valence-corrected chi connectivity index (χ3v) is 4.43. The minimum Gasteiger partial charge on any atom is -0.347 e. The highest BCUT2D eigenvalue weighted by atomic mass is 79.9. The van der Waals surface area contributed by atoms with Crippen molar-refractivity contribution in [3.63, 3.8) is 0 Å². The first kappa shape index (κ1) is 10.9. The molecule has 0 bridgehead atoms. The van der Waals surface area contributed by atoms with Crippen LogP contribution in [-0.2, 0) is 6.54 Å². The molecule has 2 rings (SSSR count). The molecule has 0 aliphatic heterocycles. The van der Waals surface area contributed by atoms with E-state index in [4.69, 9.17) is 0 Å². The van der Waals surface area contributed by atoms with Crippen molar-refractivity contribution in [1.29, 1.82) is 0 Å². The van der Waals surface area contributed by atoms with Gasteiger partial charge in [-0.2, -0.15) is 11.3 Å². The number of amides is 1. The second-order valence-corrected chi connectivity index (χ2v) is 5.46. The van der Waals surface area contributed by atoms with Crippen LogP contribution in [-0.4, -0.2) is 5.91 Å². The molecule has 2 aromatic heterocycles. The summed E-state index contributed by atoms with van der Waals surface area (Å²) in [5.74, 6) is -0.0249. The SMILES string of the molecule is O=C(NCc1ccsc1)c1sccc1Br. The van der Waals surface area contributed by atoms with Gasteiger partial charge in [0.2, 0.25) is 0 Å². The first-order valence-electron chi connectivity index (χ1n) is 4.29. The number of hydrogen-bond donors (Lipinski definition) is 1. The van der Waals surface area contributed by atoms with Crippen LogP contribution in [0.5, 0.6) is 0 Å². The van der Waals surface area contributed by atoms with E-state index in [9.17, 15) is 4.79 Å². The summed E-state index contributed by atoms with van der Waals surface area (Å²) in [6.45, 7) is 0.590. The molecule has 0 aliphatic carbocycles. The zero-order chi connectivity index (χ0) is 10.7. The molecule has 0 saturated carbocycles. The molecule has 5 heteroatoms. The molecule has 0 fully saturated rings. The summed E-state index contributed by atoms with van der Waals surface area (Å²) >= 11 is 6.41. The second kappa shape index (κ2) is 4.92. The summed E-state index contributed by atoms with van der Waals surface area (Å²) in [4.78, 5) is 12.4. The molecule has 0 radical (unpaired) electrons. The maximum atomic E-state index is 11.7. The quantitative estimate of drug-likeness (QED) is 0.923. The van der Waals surface area contributed by atoms with Crippen LogP contribution in [0.1, 0.15) is 15.2 Å². The summed E-state index contributed by atoms with van der Waals surface area (Å²) < 4.78 is 0.857. The number of hydrogen-bond acceptors (Lipinski definition) is 3. The lowest BCUT2D eigenvalue weighted by Gasteiger charge is -2.01. The van der Waals surface area contributed by atoms with E-state index in [1.165, 1.54) is 11.3 Å². The number of thiophene rings is 2. The molecule has 0 spiro atoms. The second-order valence-electron chi connectivity index (χ2n) is 2.91. The molecule has 1 amide bonds. The third kappa shape index (κ3) is 2.68. The van der Waals surface area contributed by atoms with Crippen LogP contribution in [0.2, 0.25) is 0 Å². The van der Waals surface area contributed by atoms with Crippen molar-refractivity contribution in [2.24, 2.45) is 0 Å². The van der Waals surface area contributed by atoms with Gasteiger partial charge in [-0.1, -0.05) is 0 Å². The first-order chi connectivity index (χ1) is 7.27. The molecule has 0 saturated heterocycles. The number of carbonyl (C=O) groups excluding carboxylic acids is 1. The Balaban J connectivity index is 1.96. The summed E-state index contributed by atoms with van der Waals surface area (Å²) in [6.07, 6.45) is 0. The Morgan fingerprint density at radius 2 is 2.27 bits per heavy atom. The Kier molecular flexibility index (Phi) is 3.56. The van der Waals surface area contributed by atoms with Crippen LogP contribution in [0.25, 0.3) is 0 Å². The third-order valence-electron chi connectivity index (χ3n) is 1.86. The molecule has 0 aromatic carbocycles. The zero-order valence-corrected chi connectivity index (χ0v) is 10.9. The highest BCUT2D eigenvalue weighted by Crippen LogP contribution is 2.22.